The van der Waals surface area contributed by atoms with E-state index in [1.54, 1.807) is 23.8 Å². The molecule has 3 atom stereocenters. The van der Waals surface area contributed by atoms with Gasteiger partial charge in [-0.2, -0.15) is 11.3 Å². The molecule has 0 radical (unpaired) electrons. The van der Waals surface area contributed by atoms with Crippen LogP contribution in [0.25, 0.3) is 0 Å². The van der Waals surface area contributed by atoms with Crippen molar-refractivity contribution in [3.05, 3.63) is 22.4 Å². The number of hydrogen-bond acceptors (Lipinski definition) is 4. The van der Waals surface area contributed by atoms with E-state index in [2.05, 4.69) is 0 Å². The van der Waals surface area contributed by atoms with Crippen LogP contribution in [-0.2, 0) is 14.2 Å². The first-order chi connectivity index (χ1) is 9.24. The Labute approximate surface area is 120 Å². The molecule has 0 saturated carbocycles. The van der Waals surface area contributed by atoms with Gasteiger partial charge in [0.2, 0.25) is 7.37 Å². The molecule has 0 spiro atoms. The number of thiophene rings is 1. The molecule has 112 valence electrons. The molecule has 6 nitrogen and oxygen atoms in total. The summed E-state index contributed by atoms with van der Waals surface area (Å²) in [5.41, 5.74) is 0.0450. The van der Waals surface area contributed by atoms with Gasteiger partial charge in [-0.05, 0) is 35.7 Å². The maximum absolute atomic E-state index is 12.3. The van der Waals surface area contributed by atoms with Crippen LogP contribution in [0.2, 0.25) is 0 Å². The highest BCUT2D eigenvalue weighted by molar-refractivity contribution is 7.58. The summed E-state index contributed by atoms with van der Waals surface area (Å²) in [5, 5.41) is 21.2. The number of rotatable bonds is 8. The molecule has 1 aromatic heterocycles. The SMILES string of the molecule is CC(c1ccsc1)P(=O)(O)CC(CCC(=O)O)C(=O)O. The normalized spacial score (nSPS) is 17.1. The van der Waals surface area contributed by atoms with Gasteiger partial charge >= 0.3 is 11.9 Å². The molecule has 0 aliphatic carbocycles. The Kier molecular flexibility index (Phi) is 5.92. The Morgan fingerprint density at radius 1 is 1.40 bits per heavy atom. The zero-order valence-corrected chi connectivity index (χ0v) is 12.6. The molecule has 0 fully saturated rings. The van der Waals surface area contributed by atoms with E-state index in [-0.39, 0.29) is 12.8 Å². The highest BCUT2D eigenvalue weighted by atomic mass is 32.1. The van der Waals surface area contributed by atoms with Gasteiger partial charge in [-0.1, -0.05) is 0 Å². The first-order valence-electron chi connectivity index (χ1n) is 6.02. The number of carbonyl (C=O) groups is 2. The Hall–Kier alpha value is -1.17. The van der Waals surface area contributed by atoms with Gasteiger partial charge in [0.25, 0.3) is 0 Å². The van der Waals surface area contributed by atoms with E-state index in [0.29, 0.717) is 5.56 Å². The lowest BCUT2D eigenvalue weighted by molar-refractivity contribution is -0.142. The Bertz CT molecular complexity index is 512. The molecule has 0 bridgehead atoms. The molecule has 0 aliphatic heterocycles. The highest BCUT2D eigenvalue weighted by Gasteiger charge is 2.34. The summed E-state index contributed by atoms with van der Waals surface area (Å²) in [5.74, 6) is -3.48. The van der Waals surface area contributed by atoms with Crippen LogP contribution in [0.5, 0.6) is 0 Å². The van der Waals surface area contributed by atoms with Crippen molar-refractivity contribution < 1.29 is 29.3 Å². The third-order valence-corrected chi connectivity index (χ3v) is 6.34. The van der Waals surface area contributed by atoms with Gasteiger partial charge in [0.15, 0.2) is 0 Å². The monoisotopic (exact) mass is 320 g/mol. The summed E-state index contributed by atoms with van der Waals surface area (Å²) in [6, 6.07) is 1.73. The predicted octanol–water partition coefficient (Wildman–Crippen LogP) is 2.65. The van der Waals surface area contributed by atoms with Crippen LogP contribution in [0, 0.1) is 5.92 Å². The number of carboxylic acid groups (broad SMARTS) is 2. The van der Waals surface area contributed by atoms with Crippen LogP contribution in [-0.4, -0.2) is 33.2 Å². The lowest BCUT2D eigenvalue weighted by Crippen LogP contribution is -2.20. The van der Waals surface area contributed by atoms with Crippen molar-refractivity contribution in [3.63, 3.8) is 0 Å². The zero-order valence-electron chi connectivity index (χ0n) is 10.9. The minimum absolute atomic E-state index is 0.147. The fourth-order valence-corrected chi connectivity index (χ4v) is 4.58. The topological polar surface area (TPSA) is 112 Å². The molecule has 0 aromatic carbocycles. The van der Waals surface area contributed by atoms with Gasteiger partial charge in [0, 0.05) is 12.6 Å². The van der Waals surface area contributed by atoms with Crippen molar-refractivity contribution >= 4 is 30.6 Å². The Morgan fingerprint density at radius 3 is 2.50 bits per heavy atom. The zero-order chi connectivity index (χ0) is 15.3. The fourth-order valence-electron chi connectivity index (χ4n) is 1.81. The molecule has 1 rings (SSSR count). The number of carboxylic acids is 2. The lowest BCUT2D eigenvalue weighted by atomic mass is 10.1. The smallest absolute Gasteiger partial charge is 0.307 e. The molecule has 3 N–H and O–H groups in total. The predicted molar refractivity (Wildman–Crippen MR) is 75.4 cm³/mol. The van der Waals surface area contributed by atoms with Crippen LogP contribution < -0.4 is 0 Å². The maximum Gasteiger partial charge on any atom is 0.307 e. The summed E-state index contributed by atoms with van der Waals surface area (Å²) >= 11 is 1.40. The van der Waals surface area contributed by atoms with Crippen LogP contribution in [0.4, 0.5) is 0 Å². The third-order valence-electron chi connectivity index (χ3n) is 3.17. The van der Waals surface area contributed by atoms with Crippen molar-refractivity contribution in [1.82, 2.24) is 0 Å². The Balaban J connectivity index is 2.77. The summed E-state index contributed by atoms with van der Waals surface area (Å²) in [7, 11) is -3.71. The Morgan fingerprint density at radius 2 is 2.05 bits per heavy atom. The maximum atomic E-state index is 12.3. The molecule has 8 heteroatoms. The van der Waals surface area contributed by atoms with E-state index in [9.17, 15) is 19.0 Å². The van der Waals surface area contributed by atoms with E-state index in [4.69, 9.17) is 10.2 Å². The van der Waals surface area contributed by atoms with Crippen LogP contribution in [0.15, 0.2) is 16.8 Å². The molecular formula is C12H17O6PS. The second-order valence-corrected chi connectivity index (χ2v) is 8.07. The van der Waals surface area contributed by atoms with Gasteiger partial charge < -0.3 is 15.1 Å². The summed E-state index contributed by atoms with van der Waals surface area (Å²) in [6.45, 7) is 1.58. The molecule has 0 saturated heterocycles. The fraction of sp³-hybridized carbons (Fsp3) is 0.500. The summed E-state index contributed by atoms with van der Waals surface area (Å²) in [6.07, 6.45) is -0.887. The average molecular weight is 320 g/mol. The quantitative estimate of drug-likeness (QED) is 0.635. The van der Waals surface area contributed by atoms with E-state index >= 15 is 0 Å². The van der Waals surface area contributed by atoms with Crippen molar-refractivity contribution in [2.75, 3.05) is 6.16 Å². The first-order valence-corrected chi connectivity index (χ1v) is 8.88. The summed E-state index contributed by atoms with van der Waals surface area (Å²) in [4.78, 5) is 31.7. The van der Waals surface area contributed by atoms with Gasteiger partial charge in [-0.3, -0.25) is 14.2 Å². The highest BCUT2D eigenvalue weighted by Crippen LogP contribution is 2.57. The minimum Gasteiger partial charge on any atom is -0.481 e. The number of hydrogen-bond donors (Lipinski definition) is 3. The van der Waals surface area contributed by atoms with Gasteiger partial charge in [-0.25, -0.2) is 0 Å². The molecular weight excluding hydrogens is 303 g/mol. The molecule has 1 aromatic rings. The standard InChI is InChI=1S/C12H17O6PS/c1-8(10-4-5-20-7-10)19(17,18)6-9(12(15)16)2-3-11(13)14/h4-5,7-9H,2-3,6H2,1H3,(H,13,14)(H,15,16)(H,17,18). The van der Waals surface area contributed by atoms with Gasteiger partial charge in [0.05, 0.1) is 11.6 Å². The van der Waals surface area contributed by atoms with Gasteiger partial charge in [-0.15, -0.1) is 0 Å². The van der Waals surface area contributed by atoms with Crippen molar-refractivity contribution in [1.29, 1.82) is 0 Å². The average Bonchev–Trinajstić information content (AvgIpc) is 2.86. The van der Waals surface area contributed by atoms with Crippen LogP contribution in [0.3, 0.4) is 0 Å². The van der Waals surface area contributed by atoms with E-state index in [1.165, 1.54) is 11.3 Å². The lowest BCUT2D eigenvalue weighted by Gasteiger charge is -2.21. The molecule has 3 unspecified atom stereocenters. The van der Waals surface area contributed by atoms with Crippen LogP contribution >= 0.6 is 18.7 Å². The first kappa shape index (κ1) is 16.9. The second kappa shape index (κ2) is 7.02. The van der Waals surface area contributed by atoms with Crippen molar-refractivity contribution in [3.8, 4) is 0 Å². The summed E-state index contributed by atoms with van der Waals surface area (Å²) < 4.78 is 12.3. The van der Waals surface area contributed by atoms with Crippen molar-refractivity contribution in [2.24, 2.45) is 5.92 Å². The molecule has 0 amide bonds. The minimum atomic E-state index is -3.71. The van der Waals surface area contributed by atoms with E-state index in [1.807, 2.05) is 0 Å². The second-order valence-electron chi connectivity index (χ2n) is 4.64. The van der Waals surface area contributed by atoms with E-state index < -0.39 is 37.0 Å². The van der Waals surface area contributed by atoms with Gasteiger partial charge in [0.1, 0.15) is 0 Å². The molecule has 1 heterocycles. The van der Waals surface area contributed by atoms with Crippen molar-refractivity contribution in [2.45, 2.75) is 25.4 Å². The molecule has 0 aliphatic rings. The van der Waals surface area contributed by atoms with E-state index in [0.717, 1.165) is 0 Å². The van der Waals surface area contributed by atoms with Crippen LogP contribution in [0.1, 0.15) is 31.0 Å². The third kappa shape index (κ3) is 4.74. The molecule has 20 heavy (non-hydrogen) atoms. The largest absolute Gasteiger partial charge is 0.481 e. The number of aliphatic carboxylic acids is 2.